The van der Waals surface area contributed by atoms with Crippen molar-refractivity contribution in [2.24, 2.45) is 0 Å². The molecule has 0 amide bonds. The summed E-state index contributed by atoms with van der Waals surface area (Å²) in [6.45, 7) is 3.21. The molecule has 0 bridgehead atoms. The first-order chi connectivity index (χ1) is 8.29. The van der Waals surface area contributed by atoms with Crippen LogP contribution in [0.1, 0.15) is 12.8 Å². The Balaban J connectivity index is 0. The van der Waals surface area contributed by atoms with Crippen LogP contribution >= 0.6 is 0 Å². The maximum Gasteiger partial charge on any atom is 1.00 e. The van der Waals surface area contributed by atoms with Crippen molar-refractivity contribution in [1.29, 1.82) is 0 Å². The van der Waals surface area contributed by atoms with Crippen LogP contribution in [0.25, 0.3) is 0 Å². The van der Waals surface area contributed by atoms with Crippen molar-refractivity contribution >= 4 is 22.1 Å². The number of carbonyl (C=O) groups is 2. The molecule has 0 aliphatic heterocycles. The monoisotopic (exact) mass is 300 g/mol. The summed E-state index contributed by atoms with van der Waals surface area (Å²) < 4.78 is 34.7. The summed E-state index contributed by atoms with van der Waals surface area (Å²) in [7, 11) is -4.84. The number of esters is 1. The molecule has 0 rings (SSSR count). The molecule has 0 aliphatic rings. The van der Waals surface area contributed by atoms with Gasteiger partial charge in [-0.1, -0.05) is 18.2 Å². The quantitative estimate of drug-likeness (QED) is 0.210. The molecule has 1 atom stereocenters. The van der Waals surface area contributed by atoms with Crippen LogP contribution in [0.5, 0.6) is 0 Å². The Morgan fingerprint density at radius 3 is 2.37 bits per heavy atom. The molecule has 0 radical (unpaired) electrons. The Hall–Kier alpha value is -0.670. The Kier molecular flexibility index (Phi) is 11.0. The molecule has 1 unspecified atom stereocenters. The zero-order valence-electron chi connectivity index (χ0n) is 10.4. The summed E-state index contributed by atoms with van der Waals surface area (Å²) in [6.07, 6.45) is 4.02. The van der Waals surface area contributed by atoms with E-state index in [-0.39, 0.29) is 36.2 Å². The second-order valence-corrected chi connectivity index (χ2v) is 4.80. The zero-order valence-corrected chi connectivity index (χ0v) is 13.3. The summed E-state index contributed by atoms with van der Waals surface area (Å²) in [4.78, 5) is 21.5. The van der Waals surface area contributed by atoms with E-state index in [4.69, 9.17) is 4.55 Å². The molecule has 7 nitrogen and oxygen atoms in total. The maximum atomic E-state index is 11.3. The van der Waals surface area contributed by atoms with Crippen molar-refractivity contribution < 1.29 is 62.0 Å². The molecule has 0 heterocycles. The molecule has 1 N–H and O–H groups in total. The Bertz CT molecular complexity index is 441. The number of hydrogen-bond acceptors (Lipinski definition) is 6. The largest absolute Gasteiger partial charge is 1.00 e. The number of allylic oxidation sites excluding steroid dienone is 2. The van der Waals surface area contributed by atoms with Crippen LogP contribution in [-0.4, -0.2) is 36.8 Å². The molecule has 0 aromatic rings. The van der Waals surface area contributed by atoms with Crippen molar-refractivity contribution in [2.45, 2.75) is 18.1 Å². The normalized spacial score (nSPS) is 12.5. The number of carboxylic acids is 1. The first-order valence-corrected chi connectivity index (χ1v) is 6.38. The van der Waals surface area contributed by atoms with Gasteiger partial charge < -0.3 is 14.6 Å². The molecule has 0 aliphatic carbocycles. The van der Waals surface area contributed by atoms with Crippen LogP contribution in [0.3, 0.4) is 0 Å². The van der Waals surface area contributed by atoms with Crippen molar-refractivity contribution in [2.75, 3.05) is 6.61 Å². The summed E-state index contributed by atoms with van der Waals surface area (Å²) >= 11 is 0. The van der Waals surface area contributed by atoms with Gasteiger partial charge in [0.2, 0.25) is 0 Å². The number of ether oxygens (including phenoxy) is 1. The SMILES string of the molecule is C=CCC=CCOC(=O)C(CC(=O)[O-])S(=O)(=O)O.[Na+]. The smallest absolute Gasteiger partial charge is 0.550 e. The van der Waals surface area contributed by atoms with Crippen LogP contribution in [0, 0.1) is 0 Å². The molecule has 0 aromatic heterocycles. The van der Waals surface area contributed by atoms with Gasteiger partial charge in [0.1, 0.15) is 6.61 Å². The van der Waals surface area contributed by atoms with Gasteiger partial charge in [0, 0.05) is 12.4 Å². The first kappa shape index (κ1) is 20.6. The summed E-state index contributed by atoms with van der Waals surface area (Å²) in [5.74, 6) is -3.12. The van der Waals surface area contributed by atoms with Gasteiger partial charge in [0.25, 0.3) is 10.1 Å². The van der Waals surface area contributed by atoms with E-state index in [0.717, 1.165) is 0 Å². The molecule has 0 spiro atoms. The van der Waals surface area contributed by atoms with E-state index in [1.165, 1.54) is 6.08 Å². The number of aliphatic carboxylic acids is 1. The molecule has 0 saturated carbocycles. The van der Waals surface area contributed by atoms with Crippen molar-refractivity contribution in [3.8, 4) is 0 Å². The van der Waals surface area contributed by atoms with Gasteiger partial charge in [-0.25, -0.2) is 0 Å². The molecular weight excluding hydrogens is 287 g/mol. The summed E-state index contributed by atoms with van der Waals surface area (Å²) in [5, 5.41) is 8.09. The summed E-state index contributed by atoms with van der Waals surface area (Å²) in [6, 6.07) is 0. The number of carbonyl (C=O) groups excluding carboxylic acids is 2. The van der Waals surface area contributed by atoms with Crippen LogP contribution in [0.4, 0.5) is 0 Å². The third-order valence-electron chi connectivity index (χ3n) is 1.77. The van der Waals surface area contributed by atoms with Gasteiger partial charge in [-0.05, 0) is 6.42 Å². The third kappa shape index (κ3) is 9.85. The average Bonchev–Trinajstić information content (AvgIpc) is 2.23. The second kappa shape index (κ2) is 10.2. The van der Waals surface area contributed by atoms with Crippen LogP contribution in [0.15, 0.2) is 24.8 Å². The van der Waals surface area contributed by atoms with Crippen LogP contribution in [-0.2, 0) is 24.4 Å². The molecule has 0 aromatic carbocycles. The number of rotatable bonds is 8. The standard InChI is InChI=1S/C10H14O7S.Na/c1-2-3-4-5-6-17-10(13)8(7-9(11)12)18(14,15)16;/h2,4-5,8H,1,3,6-7H2,(H,11,12)(H,14,15,16);/q;+1/p-1. The van der Waals surface area contributed by atoms with Crippen molar-refractivity contribution in [3.05, 3.63) is 24.8 Å². The Morgan fingerprint density at radius 1 is 1.37 bits per heavy atom. The molecule has 0 saturated heterocycles. The van der Waals surface area contributed by atoms with Gasteiger partial charge in [-0.2, -0.15) is 8.42 Å². The van der Waals surface area contributed by atoms with Gasteiger partial charge in [0.05, 0.1) is 0 Å². The van der Waals surface area contributed by atoms with E-state index in [2.05, 4.69) is 11.3 Å². The van der Waals surface area contributed by atoms with Crippen molar-refractivity contribution in [1.82, 2.24) is 0 Å². The minimum atomic E-state index is -4.84. The topological polar surface area (TPSA) is 121 Å². The van der Waals surface area contributed by atoms with Gasteiger partial charge in [-0.3, -0.25) is 9.35 Å². The van der Waals surface area contributed by atoms with E-state index >= 15 is 0 Å². The Morgan fingerprint density at radius 2 is 1.95 bits per heavy atom. The van der Waals surface area contributed by atoms with Gasteiger partial charge in [-0.15, -0.1) is 6.58 Å². The predicted molar refractivity (Wildman–Crippen MR) is 59.9 cm³/mol. The second-order valence-electron chi connectivity index (χ2n) is 3.21. The first-order valence-electron chi connectivity index (χ1n) is 4.87. The molecular formula is C10H13NaO7S. The molecule has 9 heteroatoms. The number of hydrogen-bond donors (Lipinski definition) is 1. The average molecular weight is 300 g/mol. The molecule has 0 fully saturated rings. The fourth-order valence-corrected chi connectivity index (χ4v) is 1.60. The fraction of sp³-hybridized carbons (Fsp3) is 0.400. The van der Waals surface area contributed by atoms with Gasteiger partial charge in [0.15, 0.2) is 5.25 Å². The fourth-order valence-electron chi connectivity index (χ4n) is 0.945. The maximum absolute atomic E-state index is 11.3. The Labute approximate surface area is 133 Å². The molecule has 102 valence electrons. The van der Waals surface area contributed by atoms with E-state index in [1.54, 1.807) is 12.2 Å². The van der Waals surface area contributed by atoms with E-state index in [9.17, 15) is 23.1 Å². The minimum Gasteiger partial charge on any atom is -0.550 e. The zero-order chi connectivity index (χ0) is 14.2. The third-order valence-corrected chi connectivity index (χ3v) is 2.84. The summed E-state index contributed by atoms with van der Waals surface area (Å²) in [5.41, 5.74) is 0. The van der Waals surface area contributed by atoms with E-state index in [0.29, 0.717) is 6.42 Å². The van der Waals surface area contributed by atoms with Crippen LogP contribution < -0.4 is 34.7 Å². The van der Waals surface area contributed by atoms with E-state index in [1.807, 2.05) is 0 Å². The number of carboxylic acid groups (broad SMARTS) is 1. The van der Waals surface area contributed by atoms with Crippen molar-refractivity contribution in [3.63, 3.8) is 0 Å². The van der Waals surface area contributed by atoms with Crippen LogP contribution in [0.2, 0.25) is 0 Å². The molecule has 19 heavy (non-hydrogen) atoms. The van der Waals surface area contributed by atoms with E-state index < -0.39 is 33.7 Å². The predicted octanol–water partition coefficient (Wildman–Crippen LogP) is -3.94. The minimum absolute atomic E-state index is 0. The van der Waals surface area contributed by atoms with Gasteiger partial charge >= 0.3 is 35.5 Å².